The summed E-state index contributed by atoms with van der Waals surface area (Å²) in [5.41, 5.74) is 0.318. The van der Waals surface area contributed by atoms with Gasteiger partial charge in [-0.25, -0.2) is 0 Å². The molecule has 0 spiro atoms. The number of hydrogen-bond acceptors (Lipinski definition) is 2. The van der Waals surface area contributed by atoms with Gasteiger partial charge in [-0.05, 0) is 25.2 Å². The van der Waals surface area contributed by atoms with Crippen LogP contribution < -0.4 is 10.6 Å². The lowest BCUT2D eigenvalue weighted by Crippen LogP contribution is -2.51. The van der Waals surface area contributed by atoms with Gasteiger partial charge in [0.2, 0.25) is 3.79 Å². The van der Waals surface area contributed by atoms with Crippen LogP contribution in [0.25, 0.3) is 0 Å². The number of carbonyl (C=O) groups excluding carboxylic acids is 1. The Balaban J connectivity index is 2.85. The van der Waals surface area contributed by atoms with Crippen molar-refractivity contribution >= 4 is 63.9 Å². The van der Waals surface area contributed by atoms with Crippen LogP contribution in [0.15, 0.2) is 18.2 Å². The first-order valence-electron chi connectivity index (χ1n) is 4.75. The summed E-state index contributed by atoms with van der Waals surface area (Å²) >= 11 is 28.6. The van der Waals surface area contributed by atoms with Crippen molar-refractivity contribution in [2.24, 2.45) is 0 Å². The second-order valence-electron chi connectivity index (χ2n) is 3.37. The molecule has 8 heteroatoms. The van der Waals surface area contributed by atoms with Crippen molar-refractivity contribution in [2.75, 3.05) is 7.05 Å². The number of hydrogen-bond donors (Lipinski definition) is 2. The molecule has 0 fully saturated rings. The lowest BCUT2D eigenvalue weighted by atomic mass is 10.2. The van der Waals surface area contributed by atoms with E-state index in [0.29, 0.717) is 10.6 Å². The number of carbonyl (C=O) groups is 1. The smallest absolute Gasteiger partial charge is 0.252 e. The summed E-state index contributed by atoms with van der Waals surface area (Å²) < 4.78 is -1.67. The molecule has 3 nitrogen and oxygen atoms in total. The summed E-state index contributed by atoms with van der Waals surface area (Å²) in [7, 11) is 1.56. The van der Waals surface area contributed by atoms with E-state index in [4.69, 9.17) is 58.0 Å². The van der Waals surface area contributed by atoms with Gasteiger partial charge >= 0.3 is 0 Å². The molecule has 0 aliphatic heterocycles. The minimum Gasteiger partial charge on any atom is -0.333 e. The molecule has 0 saturated carbocycles. The first-order chi connectivity index (χ1) is 8.25. The largest absolute Gasteiger partial charge is 0.333 e. The Morgan fingerprint density at radius 1 is 1.22 bits per heavy atom. The summed E-state index contributed by atoms with van der Waals surface area (Å²) in [4.78, 5) is 11.9. The second-order valence-corrected chi connectivity index (χ2v) is 6.55. The number of rotatable bonds is 3. The van der Waals surface area contributed by atoms with Crippen LogP contribution in [0.5, 0.6) is 0 Å². The molecule has 1 unspecified atom stereocenters. The van der Waals surface area contributed by atoms with Gasteiger partial charge in [-0.15, -0.1) is 0 Å². The molecule has 1 aromatic rings. The molecule has 0 aliphatic carbocycles. The molecule has 0 saturated heterocycles. The Morgan fingerprint density at radius 2 is 1.83 bits per heavy atom. The van der Waals surface area contributed by atoms with Crippen molar-refractivity contribution in [1.82, 2.24) is 10.6 Å². The van der Waals surface area contributed by atoms with Crippen LogP contribution in [0.4, 0.5) is 0 Å². The molecule has 1 rings (SSSR count). The standard InChI is InChI=1S/C10H9Cl5N2O/c1-16-9(10(13,14)15)17-8(18)5-2-3-6(11)7(12)4-5/h2-4,9,16H,1H3,(H,17,18). The Labute approximate surface area is 130 Å². The Morgan fingerprint density at radius 3 is 2.28 bits per heavy atom. The van der Waals surface area contributed by atoms with E-state index < -0.39 is 15.9 Å². The minimum atomic E-state index is -1.67. The zero-order valence-corrected chi connectivity index (χ0v) is 12.9. The van der Waals surface area contributed by atoms with Gasteiger partial charge in [0, 0.05) is 5.56 Å². The maximum atomic E-state index is 11.9. The van der Waals surface area contributed by atoms with Crippen LogP contribution in [-0.2, 0) is 0 Å². The van der Waals surface area contributed by atoms with Gasteiger partial charge < -0.3 is 5.32 Å². The number of nitrogens with one attached hydrogen (secondary N) is 2. The summed E-state index contributed by atoms with van der Waals surface area (Å²) in [6, 6.07) is 4.47. The van der Waals surface area contributed by atoms with Crippen molar-refractivity contribution in [3.05, 3.63) is 33.8 Å². The van der Waals surface area contributed by atoms with Crippen molar-refractivity contribution < 1.29 is 4.79 Å². The van der Waals surface area contributed by atoms with Gasteiger partial charge in [-0.3, -0.25) is 10.1 Å². The average molecular weight is 350 g/mol. The molecule has 2 N–H and O–H groups in total. The maximum absolute atomic E-state index is 11.9. The van der Waals surface area contributed by atoms with Crippen molar-refractivity contribution in [2.45, 2.75) is 9.96 Å². The average Bonchev–Trinajstić information content (AvgIpc) is 2.27. The van der Waals surface area contributed by atoms with Gasteiger partial charge in [-0.2, -0.15) is 0 Å². The van der Waals surface area contributed by atoms with Gasteiger partial charge in [0.05, 0.1) is 10.0 Å². The third-order valence-corrected chi connectivity index (χ3v) is 3.47. The molecule has 1 aromatic carbocycles. The van der Waals surface area contributed by atoms with E-state index in [0.717, 1.165) is 0 Å². The number of benzene rings is 1. The van der Waals surface area contributed by atoms with Crippen LogP contribution in [0.1, 0.15) is 10.4 Å². The predicted molar refractivity (Wildman–Crippen MR) is 77.1 cm³/mol. The van der Waals surface area contributed by atoms with Crippen LogP contribution >= 0.6 is 58.0 Å². The van der Waals surface area contributed by atoms with E-state index in [1.165, 1.54) is 18.2 Å². The molecule has 0 bridgehead atoms. The van der Waals surface area contributed by atoms with Gasteiger partial charge in [0.1, 0.15) is 6.17 Å². The van der Waals surface area contributed by atoms with Crippen LogP contribution in [0, 0.1) is 0 Å². The van der Waals surface area contributed by atoms with E-state index in [9.17, 15) is 4.79 Å². The summed E-state index contributed by atoms with van der Waals surface area (Å²) in [6.45, 7) is 0. The number of alkyl halides is 3. The molecule has 0 aromatic heterocycles. The van der Waals surface area contributed by atoms with Crippen LogP contribution in [0.2, 0.25) is 10.0 Å². The fourth-order valence-electron chi connectivity index (χ4n) is 1.17. The highest BCUT2D eigenvalue weighted by molar-refractivity contribution is 6.68. The summed E-state index contributed by atoms with van der Waals surface area (Å²) in [5.74, 6) is -0.431. The van der Waals surface area contributed by atoms with E-state index in [-0.39, 0.29) is 5.02 Å². The van der Waals surface area contributed by atoms with Crippen LogP contribution in [0.3, 0.4) is 0 Å². The van der Waals surface area contributed by atoms with Crippen LogP contribution in [-0.4, -0.2) is 22.9 Å². The van der Waals surface area contributed by atoms with Gasteiger partial charge in [0.25, 0.3) is 5.91 Å². The molecular formula is C10H9Cl5N2O. The van der Waals surface area contributed by atoms with E-state index in [1.54, 1.807) is 7.05 Å². The first kappa shape index (κ1) is 16.2. The maximum Gasteiger partial charge on any atom is 0.252 e. The quantitative estimate of drug-likeness (QED) is 0.645. The highest BCUT2D eigenvalue weighted by atomic mass is 35.6. The van der Waals surface area contributed by atoms with Crippen molar-refractivity contribution in [3.63, 3.8) is 0 Å². The molecule has 0 radical (unpaired) electrons. The molecule has 1 atom stereocenters. The molecule has 1 amide bonds. The Bertz CT molecular complexity index is 446. The van der Waals surface area contributed by atoms with E-state index in [1.807, 2.05) is 0 Å². The highest BCUT2D eigenvalue weighted by Crippen LogP contribution is 2.29. The second kappa shape index (κ2) is 6.51. The molecule has 0 heterocycles. The monoisotopic (exact) mass is 348 g/mol. The summed E-state index contributed by atoms with van der Waals surface area (Å²) in [6.07, 6.45) is -0.829. The zero-order chi connectivity index (χ0) is 13.9. The molecule has 100 valence electrons. The minimum absolute atomic E-state index is 0.277. The third-order valence-electron chi connectivity index (χ3n) is 2.07. The van der Waals surface area contributed by atoms with Crippen molar-refractivity contribution in [1.29, 1.82) is 0 Å². The van der Waals surface area contributed by atoms with E-state index >= 15 is 0 Å². The normalized spacial score (nSPS) is 13.2. The summed E-state index contributed by atoms with van der Waals surface area (Å²) in [5, 5.41) is 5.84. The highest BCUT2D eigenvalue weighted by Gasteiger charge is 2.32. The lowest BCUT2D eigenvalue weighted by molar-refractivity contribution is 0.0931. The van der Waals surface area contributed by atoms with Gasteiger partial charge in [-0.1, -0.05) is 58.0 Å². The fraction of sp³-hybridized carbons (Fsp3) is 0.300. The SMILES string of the molecule is CNC(NC(=O)c1ccc(Cl)c(Cl)c1)C(Cl)(Cl)Cl. The Hall–Kier alpha value is 0.1000. The topological polar surface area (TPSA) is 41.1 Å². The third kappa shape index (κ3) is 4.34. The molecule has 18 heavy (non-hydrogen) atoms. The fourth-order valence-corrected chi connectivity index (χ4v) is 1.96. The predicted octanol–water partition coefficient (Wildman–Crippen LogP) is 3.64. The molecular weight excluding hydrogens is 341 g/mol. The number of amides is 1. The molecule has 0 aliphatic rings. The number of halogens is 5. The van der Waals surface area contributed by atoms with Gasteiger partial charge in [0.15, 0.2) is 0 Å². The van der Waals surface area contributed by atoms with E-state index in [2.05, 4.69) is 10.6 Å². The zero-order valence-electron chi connectivity index (χ0n) is 9.11. The first-order valence-corrected chi connectivity index (χ1v) is 6.64. The Kier molecular flexibility index (Phi) is 5.84. The lowest BCUT2D eigenvalue weighted by Gasteiger charge is -2.24. The van der Waals surface area contributed by atoms with Crippen molar-refractivity contribution in [3.8, 4) is 0 Å².